The summed E-state index contributed by atoms with van der Waals surface area (Å²) in [5.41, 5.74) is 7.91. The van der Waals surface area contributed by atoms with Crippen LogP contribution in [0.15, 0.2) is 24.3 Å². The van der Waals surface area contributed by atoms with E-state index in [0.717, 1.165) is 23.3 Å². The molecule has 0 aliphatic heterocycles. The van der Waals surface area contributed by atoms with E-state index < -0.39 is 6.04 Å². The number of nitrogens with one attached hydrogen (secondary N) is 1. The normalized spacial score (nSPS) is 12.8. The Morgan fingerprint density at radius 1 is 1.38 bits per heavy atom. The summed E-state index contributed by atoms with van der Waals surface area (Å²) in [5.74, 6) is 0.925. The number of para-hydroxylation sites is 2. The quantitative estimate of drug-likeness (QED) is 0.856. The number of nitrogens with two attached hydrogens (primary N) is 1. The molecule has 0 radical (unpaired) electrons. The number of hydrogen-bond donors (Lipinski definition) is 2. The molecule has 5 nitrogen and oxygen atoms in total. The minimum atomic E-state index is -0.457. The van der Waals surface area contributed by atoms with Crippen molar-refractivity contribution < 1.29 is 4.79 Å². The van der Waals surface area contributed by atoms with E-state index in [1.807, 2.05) is 38.1 Å². The molecule has 0 saturated heterocycles. The van der Waals surface area contributed by atoms with Crippen molar-refractivity contribution >= 4 is 16.9 Å². The standard InChI is InChI=1S/C16H24N4O/c1-4-9-20(16(21)15(17)11(2)3)10-14-18-12-7-5-6-8-13(12)19-14/h5-8,11,15H,4,9-10,17H2,1-3H3,(H,18,19). The Labute approximate surface area is 125 Å². The van der Waals surface area contributed by atoms with Gasteiger partial charge in [-0.1, -0.05) is 32.9 Å². The fourth-order valence-electron chi connectivity index (χ4n) is 2.29. The van der Waals surface area contributed by atoms with Gasteiger partial charge in [-0.25, -0.2) is 4.98 Å². The Balaban J connectivity index is 2.17. The molecule has 2 rings (SSSR count). The summed E-state index contributed by atoms with van der Waals surface area (Å²) < 4.78 is 0. The summed E-state index contributed by atoms with van der Waals surface area (Å²) in [6.07, 6.45) is 0.900. The van der Waals surface area contributed by atoms with Gasteiger partial charge in [-0.2, -0.15) is 0 Å². The number of rotatable bonds is 6. The van der Waals surface area contributed by atoms with Crippen LogP contribution in [0.1, 0.15) is 33.0 Å². The molecule has 0 saturated carbocycles. The van der Waals surface area contributed by atoms with Crippen molar-refractivity contribution in [2.75, 3.05) is 6.54 Å². The lowest BCUT2D eigenvalue weighted by Gasteiger charge is -2.26. The smallest absolute Gasteiger partial charge is 0.240 e. The molecule has 1 amide bonds. The number of imidazole rings is 1. The molecule has 0 spiro atoms. The zero-order valence-corrected chi connectivity index (χ0v) is 13.0. The van der Waals surface area contributed by atoms with E-state index in [-0.39, 0.29) is 11.8 Å². The summed E-state index contributed by atoms with van der Waals surface area (Å²) >= 11 is 0. The molecule has 1 aromatic carbocycles. The van der Waals surface area contributed by atoms with Gasteiger partial charge in [-0.3, -0.25) is 4.79 Å². The molecule has 1 heterocycles. The number of carbonyl (C=O) groups is 1. The van der Waals surface area contributed by atoms with Gasteiger partial charge in [0.2, 0.25) is 5.91 Å². The SMILES string of the molecule is CCCN(Cc1nc2ccccc2[nH]1)C(=O)C(N)C(C)C. The first-order valence-corrected chi connectivity index (χ1v) is 7.51. The van der Waals surface area contributed by atoms with Gasteiger partial charge in [0, 0.05) is 6.54 Å². The van der Waals surface area contributed by atoms with Crippen molar-refractivity contribution in [3.8, 4) is 0 Å². The number of aromatic amines is 1. The molecule has 0 fully saturated rings. The van der Waals surface area contributed by atoms with Crippen LogP contribution in [-0.2, 0) is 11.3 Å². The van der Waals surface area contributed by atoms with E-state index in [1.54, 1.807) is 4.90 Å². The summed E-state index contributed by atoms with van der Waals surface area (Å²) in [5, 5.41) is 0. The van der Waals surface area contributed by atoms with Crippen molar-refractivity contribution in [2.24, 2.45) is 11.7 Å². The Morgan fingerprint density at radius 3 is 2.71 bits per heavy atom. The van der Waals surface area contributed by atoms with Gasteiger partial charge in [0.1, 0.15) is 5.82 Å². The largest absolute Gasteiger partial charge is 0.340 e. The summed E-state index contributed by atoms with van der Waals surface area (Å²) in [7, 11) is 0. The van der Waals surface area contributed by atoms with Crippen LogP contribution in [0, 0.1) is 5.92 Å². The Hall–Kier alpha value is -1.88. The molecule has 3 N–H and O–H groups in total. The van der Waals surface area contributed by atoms with Crippen LogP contribution in [0.2, 0.25) is 0 Å². The molecule has 5 heteroatoms. The number of amides is 1. The first-order valence-electron chi connectivity index (χ1n) is 7.51. The molecule has 114 valence electrons. The molecule has 1 atom stereocenters. The first kappa shape index (κ1) is 15.5. The van der Waals surface area contributed by atoms with Gasteiger partial charge in [-0.05, 0) is 24.5 Å². The summed E-state index contributed by atoms with van der Waals surface area (Å²) in [6, 6.07) is 7.41. The lowest BCUT2D eigenvalue weighted by molar-refractivity contribution is -0.134. The van der Waals surface area contributed by atoms with Gasteiger partial charge in [0.15, 0.2) is 0 Å². The van der Waals surface area contributed by atoms with E-state index in [2.05, 4.69) is 16.9 Å². The molecule has 0 aliphatic carbocycles. The molecule has 2 aromatic rings. The van der Waals surface area contributed by atoms with Crippen LogP contribution in [0.3, 0.4) is 0 Å². The highest BCUT2D eigenvalue weighted by molar-refractivity contribution is 5.82. The zero-order chi connectivity index (χ0) is 15.4. The van der Waals surface area contributed by atoms with Crippen LogP contribution < -0.4 is 5.73 Å². The maximum atomic E-state index is 12.5. The lowest BCUT2D eigenvalue weighted by Crippen LogP contribution is -2.46. The second-order valence-electron chi connectivity index (χ2n) is 5.73. The predicted molar refractivity (Wildman–Crippen MR) is 84.6 cm³/mol. The molecule has 0 bridgehead atoms. The highest BCUT2D eigenvalue weighted by Gasteiger charge is 2.23. The lowest BCUT2D eigenvalue weighted by atomic mass is 10.0. The second-order valence-corrected chi connectivity index (χ2v) is 5.73. The molecular weight excluding hydrogens is 264 g/mol. The Morgan fingerprint density at radius 2 is 2.10 bits per heavy atom. The van der Waals surface area contributed by atoms with Crippen molar-refractivity contribution in [3.63, 3.8) is 0 Å². The third-order valence-corrected chi connectivity index (χ3v) is 3.59. The maximum Gasteiger partial charge on any atom is 0.240 e. The number of hydrogen-bond acceptors (Lipinski definition) is 3. The third-order valence-electron chi connectivity index (χ3n) is 3.59. The van der Waals surface area contributed by atoms with E-state index in [9.17, 15) is 4.79 Å². The Kier molecular flexibility index (Phi) is 4.96. The number of H-pyrrole nitrogens is 1. The number of benzene rings is 1. The van der Waals surface area contributed by atoms with Crippen molar-refractivity contribution in [3.05, 3.63) is 30.1 Å². The molecule has 1 unspecified atom stereocenters. The first-order chi connectivity index (χ1) is 10.0. The topological polar surface area (TPSA) is 75.0 Å². The predicted octanol–water partition coefficient (Wildman–Crippen LogP) is 2.28. The van der Waals surface area contributed by atoms with E-state index in [4.69, 9.17) is 5.73 Å². The zero-order valence-electron chi connectivity index (χ0n) is 13.0. The number of nitrogens with zero attached hydrogens (tertiary/aromatic N) is 2. The van der Waals surface area contributed by atoms with Gasteiger partial charge in [0.25, 0.3) is 0 Å². The summed E-state index contributed by atoms with van der Waals surface area (Å²) in [4.78, 5) is 22.0. The van der Waals surface area contributed by atoms with Gasteiger partial charge in [-0.15, -0.1) is 0 Å². The van der Waals surface area contributed by atoms with Crippen LogP contribution in [0.25, 0.3) is 11.0 Å². The average Bonchev–Trinajstić information content (AvgIpc) is 2.87. The van der Waals surface area contributed by atoms with Crippen molar-refractivity contribution in [1.29, 1.82) is 0 Å². The van der Waals surface area contributed by atoms with Crippen molar-refractivity contribution in [1.82, 2.24) is 14.9 Å². The van der Waals surface area contributed by atoms with E-state index >= 15 is 0 Å². The Bertz CT molecular complexity index is 572. The van der Waals surface area contributed by atoms with Gasteiger partial charge < -0.3 is 15.6 Å². The minimum Gasteiger partial charge on any atom is -0.340 e. The van der Waals surface area contributed by atoms with Crippen LogP contribution in [-0.4, -0.2) is 33.4 Å². The fourth-order valence-corrected chi connectivity index (χ4v) is 2.29. The van der Waals surface area contributed by atoms with Crippen LogP contribution in [0.5, 0.6) is 0 Å². The van der Waals surface area contributed by atoms with E-state index in [1.165, 1.54) is 0 Å². The highest BCUT2D eigenvalue weighted by atomic mass is 16.2. The summed E-state index contributed by atoms with van der Waals surface area (Å²) in [6.45, 7) is 7.15. The van der Waals surface area contributed by atoms with Crippen LogP contribution >= 0.6 is 0 Å². The molecule has 1 aromatic heterocycles. The molecule has 0 aliphatic rings. The third kappa shape index (κ3) is 3.61. The maximum absolute atomic E-state index is 12.5. The molecular formula is C16H24N4O. The number of aromatic nitrogens is 2. The van der Waals surface area contributed by atoms with E-state index in [0.29, 0.717) is 13.1 Å². The van der Waals surface area contributed by atoms with Gasteiger partial charge in [0.05, 0.1) is 23.6 Å². The minimum absolute atomic E-state index is 0.00712. The van der Waals surface area contributed by atoms with Gasteiger partial charge >= 0.3 is 0 Å². The number of fused-ring (bicyclic) bond motifs is 1. The molecule has 21 heavy (non-hydrogen) atoms. The van der Waals surface area contributed by atoms with Crippen molar-refractivity contribution in [2.45, 2.75) is 39.8 Å². The fraction of sp³-hybridized carbons (Fsp3) is 0.500. The highest BCUT2D eigenvalue weighted by Crippen LogP contribution is 2.13. The average molecular weight is 288 g/mol. The number of carbonyl (C=O) groups excluding carboxylic acids is 1. The monoisotopic (exact) mass is 288 g/mol. The van der Waals surface area contributed by atoms with Crippen LogP contribution in [0.4, 0.5) is 0 Å². The second kappa shape index (κ2) is 6.72.